The third-order valence-electron chi connectivity index (χ3n) is 3.87. The molecule has 0 unspecified atom stereocenters. The molecule has 1 saturated carbocycles. The van der Waals surface area contributed by atoms with E-state index in [1.165, 1.54) is 6.42 Å². The predicted octanol–water partition coefficient (Wildman–Crippen LogP) is 1.56. The summed E-state index contributed by atoms with van der Waals surface area (Å²) in [7, 11) is 0. The molecule has 3 fully saturated rings. The summed E-state index contributed by atoms with van der Waals surface area (Å²) in [6.07, 6.45) is 1.92. The molecule has 2 heteroatoms. The van der Waals surface area contributed by atoms with Gasteiger partial charge in [0.05, 0.1) is 0 Å². The van der Waals surface area contributed by atoms with Gasteiger partial charge in [-0.05, 0) is 23.7 Å². The van der Waals surface area contributed by atoms with E-state index in [-0.39, 0.29) is 5.91 Å². The number of amides is 1. The minimum absolute atomic E-state index is 0.251. The topological polar surface area (TPSA) is 29.1 Å². The number of nitrogens with one attached hydrogen (secondary N) is 1. The molecule has 1 aliphatic carbocycles. The summed E-state index contributed by atoms with van der Waals surface area (Å²) < 4.78 is 0. The van der Waals surface area contributed by atoms with Gasteiger partial charge in [0.25, 0.3) is 0 Å². The van der Waals surface area contributed by atoms with E-state index in [0.717, 1.165) is 12.3 Å². The summed E-state index contributed by atoms with van der Waals surface area (Å²) in [4.78, 5) is 11.3. The quantitative estimate of drug-likeness (QED) is 0.583. The van der Waals surface area contributed by atoms with Crippen LogP contribution in [0.2, 0.25) is 0 Å². The highest BCUT2D eigenvalue weighted by atomic mass is 16.1. The Morgan fingerprint density at radius 1 is 1.50 bits per heavy atom. The zero-order chi connectivity index (χ0) is 8.93. The first-order valence-electron chi connectivity index (χ1n) is 4.81. The molecule has 1 N–H and O–H groups in total. The summed E-state index contributed by atoms with van der Waals surface area (Å²) in [5.74, 6) is 1.57. The Labute approximate surface area is 73.7 Å². The standard InChI is InChI=1S/C10H17NO/c1-6-4-9(12)11-8-5-7(6)10(8,2)3/h6-8H,4-5H2,1-3H3,(H,11,12)/t6-,7-,8-/m0/s1. The van der Waals surface area contributed by atoms with E-state index in [2.05, 4.69) is 26.1 Å². The number of hydrogen-bond acceptors (Lipinski definition) is 1. The van der Waals surface area contributed by atoms with Gasteiger partial charge < -0.3 is 5.32 Å². The molecule has 0 aromatic heterocycles. The lowest BCUT2D eigenvalue weighted by molar-refractivity contribution is -0.122. The molecule has 0 radical (unpaired) electrons. The third kappa shape index (κ3) is 0.900. The van der Waals surface area contributed by atoms with Gasteiger partial charge in [-0.15, -0.1) is 0 Å². The number of carbonyl (C=O) groups is 1. The highest BCUT2D eigenvalue weighted by molar-refractivity contribution is 5.77. The van der Waals surface area contributed by atoms with Crippen LogP contribution in [-0.4, -0.2) is 11.9 Å². The van der Waals surface area contributed by atoms with Crippen molar-refractivity contribution >= 4 is 5.91 Å². The average molecular weight is 167 g/mol. The SMILES string of the molecule is C[C@H]1CC(=O)N[C@H]2C[C@@H]1C2(C)C. The Hall–Kier alpha value is -0.530. The molecule has 12 heavy (non-hydrogen) atoms. The van der Waals surface area contributed by atoms with Crippen molar-refractivity contribution in [3.05, 3.63) is 0 Å². The molecule has 2 saturated heterocycles. The van der Waals surface area contributed by atoms with Crippen LogP contribution >= 0.6 is 0 Å². The fourth-order valence-corrected chi connectivity index (χ4v) is 2.86. The molecule has 0 aromatic carbocycles. The second kappa shape index (κ2) is 2.24. The monoisotopic (exact) mass is 167 g/mol. The fourth-order valence-electron chi connectivity index (χ4n) is 2.86. The van der Waals surface area contributed by atoms with Gasteiger partial charge in [-0.25, -0.2) is 0 Å². The highest BCUT2D eigenvalue weighted by Gasteiger charge is 2.52. The van der Waals surface area contributed by atoms with Crippen LogP contribution in [0.4, 0.5) is 0 Å². The van der Waals surface area contributed by atoms with Crippen LogP contribution in [0.1, 0.15) is 33.6 Å². The lowest BCUT2D eigenvalue weighted by atomic mass is 9.55. The average Bonchev–Trinajstić information content (AvgIpc) is 2.14. The van der Waals surface area contributed by atoms with Crippen molar-refractivity contribution in [3.8, 4) is 0 Å². The van der Waals surface area contributed by atoms with Crippen molar-refractivity contribution in [1.29, 1.82) is 0 Å². The maximum atomic E-state index is 11.3. The van der Waals surface area contributed by atoms with Gasteiger partial charge in [-0.1, -0.05) is 20.8 Å². The predicted molar refractivity (Wildman–Crippen MR) is 47.6 cm³/mol. The van der Waals surface area contributed by atoms with Gasteiger partial charge in [0.1, 0.15) is 0 Å². The maximum absolute atomic E-state index is 11.3. The van der Waals surface area contributed by atoms with Gasteiger partial charge in [0.15, 0.2) is 0 Å². The fraction of sp³-hybridized carbons (Fsp3) is 0.900. The molecule has 0 aromatic rings. The highest BCUT2D eigenvalue weighted by Crippen LogP contribution is 2.52. The third-order valence-corrected chi connectivity index (χ3v) is 3.87. The molecule has 2 heterocycles. The largest absolute Gasteiger partial charge is 0.353 e. The van der Waals surface area contributed by atoms with E-state index in [1.54, 1.807) is 0 Å². The summed E-state index contributed by atoms with van der Waals surface area (Å²) in [5, 5.41) is 3.09. The summed E-state index contributed by atoms with van der Waals surface area (Å²) in [6.45, 7) is 6.75. The van der Waals surface area contributed by atoms with Crippen LogP contribution < -0.4 is 5.32 Å². The Balaban J connectivity index is 2.23. The van der Waals surface area contributed by atoms with Crippen molar-refractivity contribution in [2.45, 2.75) is 39.7 Å². The first kappa shape index (κ1) is 8.09. The lowest BCUT2D eigenvalue weighted by Crippen LogP contribution is -2.56. The molecule has 3 atom stereocenters. The number of rotatable bonds is 0. The van der Waals surface area contributed by atoms with Crippen LogP contribution in [0.25, 0.3) is 0 Å². The van der Waals surface area contributed by atoms with E-state index >= 15 is 0 Å². The summed E-state index contributed by atoms with van der Waals surface area (Å²) >= 11 is 0. The van der Waals surface area contributed by atoms with E-state index in [4.69, 9.17) is 0 Å². The van der Waals surface area contributed by atoms with E-state index in [9.17, 15) is 4.79 Å². The van der Waals surface area contributed by atoms with Crippen molar-refractivity contribution in [3.63, 3.8) is 0 Å². The zero-order valence-corrected chi connectivity index (χ0v) is 8.05. The Morgan fingerprint density at radius 2 is 2.17 bits per heavy atom. The summed E-state index contributed by atoms with van der Waals surface area (Å²) in [6, 6.07) is 0.444. The van der Waals surface area contributed by atoms with Crippen LogP contribution in [0.15, 0.2) is 0 Å². The van der Waals surface area contributed by atoms with Gasteiger partial charge in [0.2, 0.25) is 5.91 Å². The molecule has 3 rings (SSSR count). The molecule has 0 spiro atoms. The Bertz CT molecular complexity index is 222. The molecule has 2 bridgehead atoms. The summed E-state index contributed by atoms with van der Waals surface area (Å²) in [5.41, 5.74) is 0.339. The van der Waals surface area contributed by atoms with Crippen molar-refractivity contribution in [2.75, 3.05) is 0 Å². The maximum Gasteiger partial charge on any atom is 0.220 e. The zero-order valence-electron chi connectivity index (χ0n) is 8.05. The molecular formula is C10H17NO. The Kier molecular flexibility index (Phi) is 1.51. The van der Waals surface area contributed by atoms with Gasteiger partial charge >= 0.3 is 0 Å². The second-order valence-electron chi connectivity index (χ2n) is 4.97. The lowest BCUT2D eigenvalue weighted by Gasteiger charge is -2.52. The molecule has 3 aliphatic rings. The van der Waals surface area contributed by atoms with Gasteiger partial charge in [0, 0.05) is 12.5 Å². The van der Waals surface area contributed by atoms with Gasteiger partial charge in [-0.3, -0.25) is 4.79 Å². The van der Waals surface area contributed by atoms with Crippen LogP contribution in [0.3, 0.4) is 0 Å². The van der Waals surface area contributed by atoms with E-state index in [0.29, 0.717) is 17.4 Å². The number of fused-ring (bicyclic) bond motifs is 3. The van der Waals surface area contributed by atoms with Crippen LogP contribution in [0.5, 0.6) is 0 Å². The first-order valence-corrected chi connectivity index (χ1v) is 4.81. The molecule has 2 nitrogen and oxygen atoms in total. The number of hydrogen-bond donors (Lipinski definition) is 1. The van der Waals surface area contributed by atoms with Gasteiger partial charge in [-0.2, -0.15) is 0 Å². The molecular weight excluding hydrogens is 150 g/mol. The van der Waals surface area contributed by atoms with Crippen molar-refractivity contribution < 1.29 is 4.79 Å². The molecule has 68 valence electrons. The van der Waals surface area contributed by atoms with Crippen LogP contribution in [0, 0.1) is 17.3 Å². The number of carbonyl (C=O) groups excluding carboxylic acids is 1. The van der Waals surface area contributed by atoms with E-state index < -0.39 is 0 Å². The smallest absolute Gasteiger partial charge is 0.220 e. The molecule has 1 amide bonds. The molecule has 2 aliphatic heterocycles. The van der Waals surface area contributed by atoms with E-state index in [1.807, 2.05) is 0 Å². The normalized spacial score (nSPS) is 44.2. The van der Waals surface area contributed by atoms with Crippen molar-refractivity contribution in [2.24, 2.45) is 17.3 Å². The first-order chi connectivity index (χ1) is 5.51. The van der Waals surface area contributed by atoms with Crippen molar-refractivity contribution in [1.82, 2.24) is 5.32 Å². The Morgan fingerprint density at radius 3 is 2.75 bits per heavy atom. The van der Waals surface area contributed by atoms with Crippen LogP contribution in [-0.2, 0) is 4.79 Å². The second-order valence-corrected chi connectivity index (χ2v) is 4.97. The minimum Gasteiger partial charge on any atom is -0.353 e. The minimum atomic E-state index is 0.251.